The van der Waals surface area contributed by atoms with Crippen molar-refractivity contribution in [3.8, 4) is 0 Å². The van der Waals surface area contributed by atoms with E-state index in [1.165, 1.54) is 15.6 Å². The fraction of sp³-hybridized carbons (Fsp3) is 0.333. The molecule has 1 aliphatic heterocycles. The summed E-state index contributed by atoms with van der Waals surface area (Å²) in [6, 6.07) is 23.4. The third-order valence-electron chi connectivity index (χ3n) is 5.55. The highest BCUT2D eigenvalue weighted by Gasteiger charge is 2.29. The molecule has 1 aromatic heterocycles. The van der Waals surface area contributed by atoms with E-state index < -0.39 is 16.1 Å². The lowest BCUT2D eigenvalue weighted by atomic mass is 10.0. The summed E-state index contributed by atoms with van der Waals surface area (Å²) in [5.41, 5.74) is 2.08. The van der Waals surface area contributed by atoms with Crippen LogP contribution in [0.25, 0.3) is 0 Å². The highest BCUT2D eigenvalue weighted by atomic mass is 32.2. The molecule has 1 unspecified atom stereocenters. The molecule has 0 radical (unpaired) electrons. The summed E-state index contributed by atoms with van der Waals surface area (Å²) in [6.07, 6.45) is -0.912. The van der Waals surface area contributed by atoms with Gasteiger partial charge in [-0.2, -0.15) is 4.31 Å². The third kappa shape index (κ3) is 5.64. The van der Waals surface area contributed by atoms with Gasteiger partial charge < -0.3 is 9.84 Å². The summed E-state index contributed by atoms with van der Waals surface area (Å²) in [5, 5.41) is 12.4. The van der Waals surface area contributed by atoms with Crippen LogP contribution in [-0.2, 0) is 14.8 Å². The topological polar surface area (TPSA) is 70.1 Å². The number of hydrogen-bond donors (Lipinski definition) is 1. The fourth-order valence-corrected chi connectivity index (χ4v) is 6.46. The number of benzene rings is 2. The van der Waals surface area contributed by atoms with Gasteiger partial charge in [0.25, 0.3) is 10.0 Å². The van der Waals surface area contributed by atoms with Crippen molar-refractivity contribution in [1.82, 2.24) is 9.21 Å². The normalized spacial score (nSPS) is 16.9. The second-order valence-electron chi connectivity index (χ2n) is 7.83. The molecule has 170 valence electrons. The number of aliphatic hydroxyl groups excluding tert-OH is 1. The minimum Gasteiger partial charge on any atom is -0.389 e. The van der Waals surface area contributed by atoms with Crippen LogP contribution in [0, 0.1) is 0 Å². The number of β-amino-alcohol motifs (C(OH)–C–C–N with tert-alkyl or cyclic N) is 1. The van der Waals surface area contributed by atoms with Crippen LogP contribution in [-0.4, -0.2) is 68.2 Å². The van der Waals surface area contributed by atoms with E-state index in [-0.39, 0.29) is 12.7 Å². The predicted molar refractivity (Wildman–Crippen MR) is 126 cm³/mol. The van der Waals surface area contributed by atoms with Gasteiger partial charge in [-0.25, -0.2) is 8.42 Å². The number of nitrogens with zero attached hydrogens (tertiary/aromatic N) is 2. The number of sulfonamides is 1. The van der Waals surface area contributed by atoms with E-state index in [0.29, 0.717) is 36.9 Å². The molecule has 32 heavy (non-hydrogen) atoms. The Labute approximate surface area is 193 Å². The van der Waals surface area contributed by atoms with Crippen LogP contribution in [0.2, 0.25) is 0 Å². The lowest BCUT2D eigenvalue weighted by Crippen LogP contribution is -2.50. The second-order valence-corrected chi connectivity index (χ2v) is 10.9. The smallest absolute Gasteiger partial charge is 0.252 e. The van der Waals surface area contributed by atoms with Crippen LogP contribution in [0.15, 0.2) is 82.4 Å². The van der Waals surface area contributed by atoms with Gasteiger partial charge in [0, 0.05) is 32.7 Å². The molecule has 0 amide bonds. The SMILES string of the molecule is O=S(=O)(c1cccs1)N1CCN(CC(O)COC(c2ccccc2)c2ccccc2)CC1. The lowest BCUT2D eigenvalue weighted by Gasteiger charge is -2.34. The largest absolute Gasteiger partial charge is 0.389 e. The molecule has 0 bridgehead atoms. The highest BCUT2D eigenvalue weighted by molar-refractivity contribution is 7.91. The van der Waals surface area contributed by atoms with Crippen molar-refractivity contribution in [2.24, 2.45) is 0 Å². The molecule has 2 aromatic carbocycles. The van der Waals surface area contributed by atoms with Crippen molar-refractivity contribution in [3.63, 3.8) is 0 Å². The summed E-state index contributed by atoms with van der Waals surface area (Å²) in [5.74, 6) is 0. The monoisotopic (exact) mass is 472 g/mol. The maximum atomic E-state index is 12.7. The van der Waals surface area contributed by atoms with Crippen LogP contribution in [0.1, 0.15) is 17.2 Å². The zero-order valence-electron chi connectivity index (χ0n) is 17.8. The molecule has 1 atom stereocenters. The maximum Gasteiger partial charge on any atom is 0.252 e. The Morgan fingerprint density at radius 1 is 0.875 bits per heavy atom. The van der Waals surface area contributed by atoms with E-state index in [2.05, 4.69) is 4.90 Å². The van der Waals surface area contributed by atoms with Gasteiger partial charge in [-0.3, -0.25) is 4.90 Å². The molecule has 1 aliphatic rings. The number of piperazine rings is 1. The molecule has 6 nitrogen and oxygen atoms in total. The fourth-order valence-electron chi connectivity index (χ4n) is 3.89. The van der Waals surface area contributed by atoms with Crippen LogP contribution < -0.4 is 0 Å². The van der Waals surface area contributed by atoms with Gasteiger partial charge in [-0.05, 0) is 22.6 Å². The van der Waals surface area contributed by atoms with E-state index in [4.69, 9.17) is 4.74 Å². The maximum absolute atomic E-state index is 12.7. The van der Waals surface area contributed by atoms with Crippen molar-refractivity contribution in [1.29, 1.82) is 0 Å². The molecule has 0 saturated carbocycles. The molecule has 1 fully saturated rings. The number of thiophene rings is 1. The van der Waals surface area contributed by atoms with Crippen molar-refractivity contribution in [2.45, 2.75) is 16.4 Å². The molecule has 4 rings (SSSR count). The quantitative estimate of drug-likeness (QED) is 0.518. The van der Waals surface area contributed by atoms with Gasteiger partial charge >= 0.3 is 0 Å². The zero-order chi connectivity index (χ0) is 22.4. The molecule has 2 heterocycles. The summed E-state index contributed by atoms with van der Waals surface area (Å²) < 4.78 is 33.4. The summed E-state index contributed by atoms with van der Waals surface area (Å²) >= 11 is 1.24. The molecule has 3 aromatic rings. The number of rotatable bonds is 9. The molecule has 1 saturated heterocycles. The average Bonchev–Trinajstić information content (AvgIpc) is 3.37. The summed E-state index contributed by atoms with van der Waals surface area (Å²) in [7, 11) is -3.42. The van der Waals surface area contributed by atoms with Crippen LogP contribution in [0.4, 0.5) is 0 Å². The molecular weight excluding hydrogens is 444 g/mol. The lowest BCUT2D eigenvalue weighted by molar-refractivity contribution is -0.0117. The van der Waals surface area contributed by atoms with Gasteiger partial charge in [-0.1, -0.05) is 66.7 Å². The zero-order valence-corrected chi connectivity index (χ0v) is 19.4. The Balaban J connectivity index is 1.30. The first-order chi connectivity index (χ1) is 15.5. The van der Waals surface area contributed by atoms with E-state index >= 15 is 0 Å². The Morgan fingerprint density at radius 2 is 1.47 bits per heavy atom. The van der Waals surface area contributed by atoms with E-state index in [1.807, 2.05) is 60.7 Å². The molecule has 1 N–H and O–H groups in total. The van der Waals surface area contributed by atoms with Crippen molar-refractivity contribution in [2.75, 3.05) is 39.3 Å². The summed E-state index contributed by atoms with van der Waals surface area (Å²) in [4.78, 5) is 2.09. The number of aliphatic hydroxyl groups is 1. The molecule has 0 aliphatic carbocycles. The Bertz CT molecular complexity index is 1010. The van der Waals surface area contributed by atoms with Gasteiger partial charge in [0.2, 0.25) is 0 Å². The van der Waals surface area contributed by atoms with E-state index in [0.717, 1.165) is 11.1 Å². The Kier molecular flexibility index (Phi) is 7.72. The Morgan fingerprint density at radius 3 is 2.00 bits per heavy atom. The molecule has 0 spiro atoms. The minimum absolute atomic E-state index is 0.197. The Hall–Kier alpha value is -2.07. The van der Waals surface area contributed by atoms with Crippen molar-refractivity contribution < 1.29 is 18.3 Å². The van der Waals surface area contributed by atoms with Crippen molar-refractivity contribution in [3.05, 3.63) is 89.3 Å². The minimum atomic E-state index is -3.42. The van der Waals surface area contributed by atoms with Crippen LogP contribution in [0.3, 0.4) is 0 Å². The molecule has 8 heteroatoms. The van der Waals surface area contributed by atoms with Gasteiger partial charge in [0.05, 0.1) is 12.7 Å². The first-order valence-electron chi connectivity index (χ1n) is 10.7. The molecular formula is C24H28N2O4S2. The average molecular weight is 473 g/mol. The van der Waals surface area contributed by atoms with Gasteiger partial charge in [0.15, 0.2) is 0 Å². The first kappa shape index (κ1) is 23.1. The van der Waals surface area contributed by atoms with Crippen LogP contribution in [0.5, 0.6) is 0 Å². The van der Waals surface area contributed by atoms with E-state index in [9.17, 15) is 13.5 Å². The second kappa shape index (κ2) is 10.7. The third-order valence-corrected chi connectivity index (χ3v) is 8.82. The number of hydrogen-bond acceptors (Lipinski definition) is 6. The van der Waals surface area contributed by atoms with Crippen molar-refractivity contribution >= 4 is 21.4 Å². The summed E-state index contributed by atoms with van der Waals surface area (Å²) in [6.45, 7) is 2.66. The van der Waals surface area contributed by atoms with Gasteiger partial charge in [0.1, 0.15) is 10.3 Å². The predicted octanol–water partition coefficient (Wildman–Crippen LogP) is 3.22. The number of ether oxygens (including phenoxy) is 1. The van der Waals surface area contributed by atoms with E-state index in [1.54, 1.807) is 17.5 Å². The van der Waals surface area contributed by atoms with Gasteiger partial charge in [-0.15, -0.1) is 11.3 Å². The standard InChI is InChI=1S/C24H28N2O4S2/c27-22(18-25-13-15-26(16-14-25)32(28,29)23-12-7-17-31-23)19-30-24(20-8-3-1-4-9-20)21-10-5-2-6-11-21/h1-12,17,22,24,27H,13-16,18-19H2. The first-order valence-corrected chi connectivity index (χ1v) is 13.0. The van der Waals surface area contributed by atoms with Crippen LogP contribution >= 0.6 is 11.3 Å². The highest BCUT2D eigenvalue weighted by Crippen LogP contribution is 2.26.